The predicted molar refractivity (Wildman–Crippen MR) is 87.2 cm³/mol. The molecule has 114 valence electrons. The molecule has 2 N–H and O–H groups in total. The van der Waals surface area contributed by atoms with Crippen LogP contribution in [0.5, 0.6) is 5.75 Å². The molecule has 6 heteroatoms. The molecule has 1 aromatic heterocycles. The number of halogens is 2. The van der Waals surface area contributed by atoms with Crippen molar-refractivity contribution in [1.29, 1.82) is 0 Å². The Kier molecular flexibility index (Phi) is 5.51. The molecular formula is C15H19Cl2N3O. The van der Waals surface area contributed by atoms with Gasteiger partial charge in [0.25, 0.3) is 0 Å². The third kappa shape index (κ3) is 4.13. The van der Waals surface area contributed by atoms with Gasteiger partial charge in [-0.05, 0) is 36.5 Å². The molecule has 0 aliphatic heterocycles. The summed E-state index contributed by atoms with van der Waals surface area (Å²) in [7, 11) is 0. The van der Waals surface area contributed by atoms with Crippen LogP contribution in [0.4, 0.5) is 0 Å². The highest BCUT2D eigenvalue weighted by atomic mass is 35.5. The van der Waals surface area contributed by atoms with E-state index < -0.39 is 0 Å². The van der Waals surface area contributed by atoms with Gasteiger partial charge in [-0.3, -0.25) is 4.68 Å². The largest absolute Gasteiger partial charge is 0.492 e. The lowest BCUT2D eigenvalue weighted by atomic mass is 10.1. The zero-order valence-corrected chi connectivity index (χ0v) is 13.2. The van der Waals surface area contributed by atoms with Crippen molar-refractivity contribution in [3.63, 3.8) is 0 Å². The maximum atomic E-state index is 6.18. The lowest BCUT2D eigenvalue weighted by Crippen LogP contribution is -2.09. The SMILES string of the molecule is Cl.NCCn1cc(-c2ccc(Cl)c(OCC3CC3)c2)cn1. The summed E-state index contributed by atoms with van der Waals surface area (Å²) in [6.07, 6.45) is 6.36. The Labute approximate surface area is 135 Å². The fourth-order valence-corrected chi connectivity index (χ4v) is 2.22. The highest BCUT2D eigenvalue weighted by Crippen LogP contribution is 2.34. The average molecular weight is 328 g/mol. The first-order chi connectivity index (χ1) is 9.76. The lowest BCUT2D eigenvalue weighted by Gasteiger charge is -2.08. The van der Waals surface area contributed by atoms with Gasteiger partial charge in [0, 0.05) is 18.3 Å². The molecule has 3 rings (SSSR count). The van der Waals surface area contributed by atoms with Gasteiger partial charge in [0.05, 0.1) is 24.4 Å². The van der Waals surface area contributed by atoms with E-state index in [-0.39, 0.29) is 12.4 Å². The van der Waals surface area contributed by atoms with Crippen LogP contribution in [0, 0.1) is 5.92 Å². The zero-order chi connectivity index (χ0) is 13.9. The molecule has 1 saturated carbocycles. The molecule has 0 bridgehead atoms. The first kappa shape index (κ1) is 16.1. The van der Waals surface area contributed by atoms with Gasteiger partial charge in [-0.15, -0.1) is 12.4 Å². The van der Waals surface area contributed by atoms with Crippen molar-refractivity contribution >= 4 is 24.0 Å². The molecule has 1 fully saturated rings. The second-order valence-corrected chi connectivity index (χ2v) is 5.59. The van der Waals surface area contributed by atoms with E-state index in [9.17, 15) is 0 Å². The second-order valence-electron chi connectivity index (χ2n) is 5.18. The van der Waals surface area contributed by atoms with Crippen molar-refractivity contribution in [1.82, 2.24) is 9.78 Å². The number of nitrogens with two attached hydrogens (primary N) is 1. The molecule has 4 nitrogen and oxygen atoms in total. The highest BCUT2D eigenvalue weighted by molar-refractivity contribution is 6.32. The van der Waals surface area contributed by atoms with Crippen molar-refractivity contribution in [3.05, 3.63) is 35.6 Å². The second kappa shape index (κ2) is 7.16. The first-order valence-corrected chi connectivity index (χ1v) is 7.29. The quantitative estimate of drug-likeness (QED) is 0.884. The third-order valence-corrected chi connectivity index (χ3v) is 3.74. The van der Waals surface area contributed by atoms with Crippen LogP contribution in [0.1, 0.15) is 12.8 Å². The van der Waals surface area contributed by atoms with Crippen LogP contribution in [-0.4, -0.2) is 22.9 Å². The van der Waals surface area contributed by atoms with Crippen LogP contribution < -0.4 is 10.5 Å². The molecule has 0 spiro atoms. The Morgan fingerprint density at radius 3 is 2.86 bits per heavy atom. The van der Waals surface area contributed by atoms with Gasteiger partial charge >= 0.3 is 0 Å². The van der Waals surface area contributed by atoms with Crippen molar-refractivity contribution in [3.8, 4) is 16.9 Å². The topological polar surface area (TPSA) is 53.1 Å². The highest BCUT2D eigenvalue weighted by Gasteiger charge is 2.22. The summed E-state index contributed by atoms with van der Waals surface area (Å²) < 4.78 is 7.64. The lowest BCUT2D eigenvalue weighted by molar-refractivity contribution is 0.300. The molecule has 1 aliphatic carbocycles. The summed E-state index contributed by atoms with van der Waals surface area (Å²) in [5.74, 6) is 1.46. The monoisotopic (exact) mass is 327 g/mol. The number of nitrogens with zero attached hydrogens (tertiary/aromatic N) is 2. The van der Waals surface area contributed by atoms with E-state index >= 15 is 0 Å². The van der Waals surface area contributed by atoms with Crippen LogP contribution in [0.25, 0.3) is 11.1 Å². The first-order valence-electron chi connectivity index (χ1n) is 6.91. The van der Waals surface area contributed by atoms with Crippen molar-refractivity contribution < 1.29 is 4.74 Å². The number of rotatable bonds is 6. The molecule has 1 aromatic carbocycles. The van der Waals surface area contributed by atoms with E-state index in [4.69, 9.17) is 22.1 Å². The fourth-order valence-electron chi connectivity index (χ4n) is 2.05. The Morgan fingerprint density at radius 2 is 2.14 bits per heavy atom. The summed E-state index contributed by atoms with van der Waals surface area (Å²) in [5, 5.41) is 4.94. The third-order valence-electron chi connectivity index (χ3n) is 3.43. The molecule has 1 aliphatic rings. The van der Waals surface area contributed by atoms with Crippen LogP contribution in [0.15, 0.2) is 30.6 Å². The minimum absolute atomic E-state index is 0. The minimum Gasteiger partial charge on any atom is -0.492 e. The Balaban J connectivity index is 0.00000161. The standard InChI is InChI=1S/C15H18ClN3O.ClH/c16-14-4-3-12(7-15(14)20-10-11-1-2-11)13-8-18-19(9-13)6-5-17;/h3-4,7-9,11H,1-2,5-6,10,17H2;1H. The molecule has 1 heterocycles. The summed E-state index contributed by atoms with van der Waals surface area (Å²) in [6.45, 7) is 2.06. The van der Waals surface area contributed by atoms with E-state index in [0.29, 0.717) is 17.5 Å². The summed E-state index contributed by atoms with van der Waals surface area (Å²) in [5.41, 5.74) is 7.63. The number of benzene rings is 1. The summed E-state index contributed by atoms with van der Waals surface area (Å²) in [6, 6.07) is 5.84. The molecule has 2 aromatic rings. The van der Waals surface area contributed by atoms with Gasteiger partial charge < -0.3 is 10.5 Å². The van der Waals surface area contributed by atoms with E-state index in [0.717, 1.165) is 30.0 Å². The van der Waals surface area contributed by atoms with Gasteiger partial charge in [-0.2, -0.15) is 5.10 Å². The van der Waals surface area contributed by atoms with Gasteiger partial charge in [0.2, 0.25) is 0 Å². The smallest absolute Gasteiger partial charge is 0.138 e. The van der Waals surface area contributed by atoms with Crippen LogP contribution in [0.2, 0.25) is 5.02 Å². The van der Waals surface area contributed by atoms with Gasteiger partial charge in [0.15, 0.2) is 0 Å². The normalized spacial score (nSPS) is 13.8. The number of aromatic nitrogens is 2. The van der Waals surface area contributed by atoms with E-state index in [1.165, 1.54) is 12.8 Å². The molecule has 0 saturated heterocycles. The van der Waals surface area contributed by atoms with Crippen molar-refractivity contribution in [2.45, 2.75) is 19.4 Å². The maximum absolute atomic E-state index is 6.18. The number of ether oxygens (including phenoxy) is 1. The Bertz CT molecular complexity index is 596. The molecule has 0 amide bonds. The fraction of sp³-hybridized carbons (Fsp3) is 0.400. The van der Waals surface area contributed by atoms with Gasteiger partial charge in [0.1, 0.15) is 5.75 Å². The van der Waals surface area contributed by atoms with Gasteiger partial charge in [-0.1, -0.05) is 17.7 Å². The van der Waals surface area contributed by atoms with E-state index in [1.807, 2.05) is 35.3 Å². The van der Waals surface area contributed by atoms with Crippen LogP contribution in [-0.2, 0) is 6.54 Å². The van der Waals surface area contributed by atoms with Crippen molar-refractivity contribution in [2.75, 3.05) is 13.2 Å². The number of hydrogen-bond acceptors (Lipinski definition) is 3. The molecule has 0 unspecified atom stereocenters. The van der Waals surface area contributed by atoms with Crippen molar-refractivity contribution in [2.24, 2.45) is 11.7 Å². The molecule has 21 heavy (non-hydrogen) atoms. The maximum Gasteiger partial charge on any atom is 0.138 e. The minimum atomic E-state index is 0. The van der Waals surface area contributed by atoms with Gasteiger partial charge in [-0.25, -0.2) is 0 Å². The van der Waals surface area contributed by atoms with Crippen LogP contribution in [0.3, 0.4) is 0 Å². The zero-order valence-electron chi connectivity index (χ0n) is 11.7. The predicted octanol–water partition coefficient (Wildman–Crippen LogP) is 3.37. The average Bonchev–Trinajstić information content (AvgIpc) is 3.16. The molecular weight excluding hydrogens is 309 g/mol. The van der Waals surface area contributed by atoms with E-state index in [2.05, 4.69) is 5.10 Å². The Morgan fingerprint density at radius 1 is 1.33 bits per heavy atom. The summed E-state index contributed by atoms with van der Waals surface area (Å²) in [4.78, 5) is 0. The summed E-state index contributed by atoms with van der Waals surface area (Å²) >= 11 is 6.18. The number of hydrogen-bond donors (Lipinski definition) is 1. The molecule has 0 atom stereocenters. The molecule has 0 radical (unpaired) electrons. The Hall–Kier alpha value is -1.23. The van der Waals surface area contributed by atoms with E-state index in [1.54, 1.807) is 0 Å². The van der Waals surface area contributed by atoms with Crippen LogP contribution >= 0.6 is 24.0 Å².